The van der Waals surface area contributed by atoms with Crippen LogP contribution < -0.4 is 15.4 Å². The minimum atomic E-state index is -1.46. The van der Waals surface area contributed by atoms with Gasteiger partial charge in [-0.05, 0) is 64.8 Å². The maximum Gasteiger partial charge on any atom is 0.408 e. The molecule has 0 bridgehead atoms. The summed E-state index contributed by atoms with van der Waals surface area (Å²) in [6, 6.07) is 16.9. The third-order valence-electron chi connectivity index (χ3n) is 7.63. The number of alkyl carbamates (subject to hydrolysis) is 1. The Kier molecular flexibility index (Phi) is 9.51. The van der Waals surface area contributed by atoms with Gasteiger partial charge >= 0.3 is 6.09 Å². The summed E-state index contributed by atoms with van der Waals surface area (Å²) in [5.41, 5.74) is -1.25. The van der Waals surface area contributed by atoms with Crippen LogP contribution in [0.3, 0.4) is 0 Å². The van der Waals surface area contributed by atoms with E-state index in [0.29, 0.717) is 24.2 Å². The molecule has 2 aromatic carbocycles. The van der Waals surface area contributed by atoms with Crippen LogP contribution in [0, 0.1) is 16.7 Å². The fraction of sp³-hybridized carbons (Fsp3) is 0.455. The first-order valence-electron chi connectivity index (χ1n) is 14.8. The fourth-order valence-corrected chi connectivity index (χ4v) is 5.40. The molecule has 2 aliphatic rings. The number of nitrogens with one attached hydrogen (secondary N) is 2. The Balaban J connectivity index is 1.59. The van der Waals surface area contributed by atoms with Crippen molar-refractivity contribution in [1.82, 2.24) is 20.5 Å². The second-order valence-corrected chi connectivity index (χ2v) is 12.9. The lowest BCUT2D eigenvalue weighted by molar-refractivity contribution is -0.143. The van der Waals surface area contributed by atoms with Crippen LogP contribution in [0.25, 0.3) is 0 Å². The largest absolute Gasteiger partial charge is 0.491 e. The van der Waals surface area contributed by atoms with Crippen LogP contribution >= 0.6 is 0 Å². The number of carbonyl (C=O) groups is 4. The van der Waals surface area contributed by atoms with E-state index < -0.39 is 40.5 Å². The van der Waals surface area contributed by atoms with Crippen LogP contribution in [0.2, 0.25) is 0 Å². The number of piperidine rings is 1. The molecule has 0 aliphatic carbocycles. The average Bonchev–Trinajstić information content (AvgIpc) is 3.22. The molecule has 45 heavy (non-hydrogen) atoms. The van der Waals surface area contributed by atoms with Gasteiger partial charge in [-0.3, -0.25) is 14.4 Å². The molecular formula is C33H40N6O6. The van der Waals surface area contributed by atoms with Gasteiger partial charge in [-0.15, -0.1) is 0 Å². The minimum Gasteiger partial charge on any atom is -0.491 e. The Morgan fingerprint density at radius 3 is 2.47 bits per heavy atom. The van der Waals surface area contributed by atoms with Crippen molar-refractivity contribution in [2.45, 2.75) is 64.6 Å². The Morgan fingerprint density at radius 2 is 1.80 bits per heavy atom. The molecule has 12 heteroatoms. The average molecular weight is 617 g/mol. The standard InChI is InChI=1S/C33H40N6O6/c1-31(2,3)45-30(43)36-32(4,5)28(41)35-25(20-44-24-14-10-13-23(17-24)19-34)27(40)39-16-15-26-33(21-39,29(42)38(6)37-26)18-22-11-8-7-9-12-22/h7-14,17,25H,15-16,18,20-21H2,1-6H3,(H,35,41)(H,36,43)/t25-,33-/m1/s1. The molecule has 4 rings (SSSR count). The summed E-state index contributed by atoms with van der Waals surface area (Å²) < 4.78 is 11.2. The third kappa shape index (κ3) is 7.78. The van der Waals surface area contributed by atoms with E-state index in [9.17, 15) is 24.4 Å². The van der Waals surface area contributed by atoms with Gasteiger partial charge in [0.1, 0.15) is 35.0 Å². The summed E-state index contributed by atoms with van der Waals surface area (Å²) in [4.78, 5) is 55.3. The minimum absolute atomic E-state index is 0.0680. The Morgan fingerprint density at radius 1 is 1.09 bits per heavy atom. The van der Waals surface area contributed by atoms with Gasteiger partial charge in [-0.1, -0.05) is 36.4 Å². The monoisotopic (exact) mass is 616 g/mol. The first-order chi connectivity index (χ1) is 21.1. The summed E-state index contributed by atoms with van der Waals surface area (Å²) in [5.74, 6) is -0.960. The molecule has 0 radical (unpaired) electrons. The van der Waals surface area contributed by atoms with Crippen molar-refractivity contribution < 1.29 is 28.7 Å². The van der Waals surface area contributed by atoms with Gasteiger partial charge in [0.2, 0.25) is 11.8 Å². The predicted octanol–water partition coefficient (Wildman–Crippen LogP) is 3.01. The molecule has 2 atom stereocenters. The highest BCUT2D eigenvalue weighted by molar-refractivity contribution is 6.13. The van der Waals surface area contributed by atoms with E-state index in [1.54, 1.807) is 50.9 Å². The molecule has 238 valence electrons. The predicted molar refractivity (Wildman–Crippen MR) is 166 cm³/mol. The van der Waals surface area contributed by atoms with Crippen molar-refractivity contribution in [1.29, 1.82) is 5.26 Å². The Labute approximate surface area is 263 Å². The van der Waals surface area contributed by atoms with E-state index in [-0.39, 0.29) is 25.6 Å². The number of hydrogen-bond donors (Lipinski definition) is 2. The van der Waals surface area contributed by atoms with Crippen molar-refractivity contribution in [3.05, 3.63) is 65.7 Å². The van der Waals surface area contributed by atoms with Gasteiger partial charge in [0, 0.05) is 26.6 Å². The number of benzene rings is 2. The lowest BCUT2D eigenvalue weighted by Crippen LogP contribution is -2.63. The Bertz CT molecular complexity index is 1530. The van der Waals surface area contributed by atoms with Gasteiger partial charge < -0.3 is 25.0 Å². The molecule has 4 amide bonds. The molecule has 0 spiro atoms. The fourth-order valence-electron chi connectivity index (χ4n) is 5.40. The van der Waals surface area contributed by atoms with Crippen LogP contribution in [0.1, 0.15) is 52.2 Å². The molecule has 2 heterocycles. The maximum atomic E-state index is 14.2. The molecule has 0 unspecified atom stereocenters. The first kappa shape index (κ1) is 33.0. The van der Waals surface area contributed by atoms with Crippen molar-refractivity contribution >= 4 is 29.5 Å². The number of rotatable bonds is 9. The smallest absolute Gasteiger partial charge is 0.408 e. The molecular weight excluding hydrogens is 576 g/mol. The highest BCUT2D eigenvalue weighted by atomic mass is 16.6. The van der Waals surface area contributed by atoms with Crippen molar-refractivity contribution in [2.24, 2.45) is 10.5 Å². The molecule has 0 saturated carbocycles. The number of amides is 4. The van der Waals surface area contributed by atoms with E-state index in [4.69, 9.17) is 9.47 Å². The van der Waals surface area contributed by atoms with Gasteiger partial charge in [0.25, 0.3) is 5.91 Å². The number of hydrogen-bond acceptors (Lipinski definition) is 8. The number of ether oxygens (including phenoxy) is 2. The third-order valence-corrected chi connectivity index (χ3v) is 7.63. The van der Waals surface area contributed by atoms with Gasteiger partial charge in [0.15, 0.2) is 0 Å². The van der Waals surface area contributed by atoms with Gasteiger partial charge in [-0.2, -0.15) is 10.4 Å². The summed E-state index contributed by atoms with van der Waals surface area (Å²) in [7, 11) is 1.61. The number of nitrogens with zero attached hydrogens (tertiary/aromatic N) is 4. The molecule has 2 aromatic rings. The van der Waals surface area contributed by atoms with E-state index in [2.05, 4.69) is 15.7 Å². The van der Waals surface area contributed by atoms with E-state index in [0.717, 1.165) is 11.3 Å². The lowest BCUT2D eigenvalue weighted by atomic mass is 9.73. The molecule has 1 fully saturated rings. The van der Waals surface area contributed by atoms with E-state index >= 15 is 0 Å². The first-order valence-corrected chi connectivity index (χ1v) is 14.8. The van der Waals surface area contributed by atoms with Crippen LogP contribution in [-0.2, 0) is 25.5 Å². The zero-order valence-corrected chi connectivity index (χ0v) is 26.5. The van der Waals surface area contributed by atoms with Crippen LogP contribution in [0.4, 0.5) is 4.79 Å². The quantitative estimate of drug-likeness (QED) is 0.439. The Hall–Kier alpha value is -4.92. The van der Waals surface area contributed by atoms with Crippen molar-refractivity contribution in [2.75, 3.05) is 26.7 Å². The van der Waals surface area contributed by atoms with E-state index in [1.165, 1.54) is 24.9 Å². The van der Waals surface area contributed by atoms with Gasteiger partial charge in [0.05, 0.1) is 17.3 Å². The molecule has 1 saturated heterocycles. The number of nitriles is 1. The molecule has 12 nitrogen and oxygen atoms in total. The number of carbonyl (C=O) groups excluding carboxylic acids is 4. The normalized spacial score (nSPS) is 18.7. The summed E-state index contributed by atoms with van der Waals surface area (Å²) in [5, 5.41) is 20.4. The van der Waals surface area contributed by atoms with Crippen molar-refractivity contribution in [3.8, 4) is 11.8 Å². The summed E-state index contributed by atoms with van der Waals surface area (Å²) in [6.45, 7) is 8.20. The number of fused-ring (bicyclic) bond motifs is 1. The van der Waals surface area contributed by atoms with Crippen LogP contribution in [0.5, 0.6) is 5.75 Å². The zero-order valence-electron chi connectivity index (χ0n) is 26.5. The topological polar surface area (TPSA) is 153 Å². The summed E-state index contributed by atoms with van der Waals surface area (Å²) in [6.07, 6.45) is -0.0443. The van der Waals surface area contributed by atoms with E-state index in [1.807, 2.05) is 36.4 Å². The molecule has 2 N–H and O–H groups in total. The second-order valence-electron chi connectivity index (χ2n) is 12.9. The van der Waals surface area contributed by atoms with Gasteiger partial charge in [-0.25, -0.2) is 9.80 Å². The number of hydrazone groups is 1. The second kappa shape index (κ2) is 13.0. The molecule has 2 aliphatic heterocycles. The number of likely N-dealkylation sites (tertiary alicyclic amines) is 1. The van der Waals surface area contributed by atoms with Crippen molar-refractivity contribution in [3.63, 3.8) is 0 Å². The van der Waals surface area contributed by atoms with Crippen LogP contribution in [-0.4, -0.2) is 83.4 Å². The SMILES string of the molecule is CN1N=C2CCN(C(=O)[C@@H](COc3cccc(C#N)c3)NC(=O)C(C)(C)NC(=O)OC(C)(C)C)C[C@@]2(Cc2ccccc2)C1=O. The summed E-state index contributed by atoms with van der Waals surface area (Å²) >= 11 is 0. The lowest BCUT2D eigenvalue weighted by Gasteiger charge is -2.41. The zero-order chi connectivity index (χ0) is 33.0. The highest BCUT2D eigenvalue weighted by Crippen LogP contribution is 2.38. The maximum absolute atomic E-state index is 14.2. The highest BCUT2D eigenvalue weighted by Gasteiger charge is 2.54. The molecule has 0 aromatic heterocycles. The van der Waals surface area contributed by atoms with Crippen LogP contribution in [0.15, 0.2) is 59.7 Å².